The highest BCUT2D eigenvalue weighted by atomic mass is 16.5. The Morgan fingerprint density at radius 2 is 1.72 bits per heavy atom. The molecule has 1 fully saturated rings. The molecule has 4 nitrogen and oxygen atoms in total. The van der Waals surface area contributed by atoms with Crippen LogP contribution in [0.2, 0.25) is 0 Å². The lowest BCUT2D eigenvalue weighted by atomic mass is 9.77. The summed E-state index contributed by atoms with van der Waals surface area (Å²) in [7, 11) is 0. The quantitative estimate of drug-likeness (QED) is 0.713. The van der Waals surface area contributed by atoms with Crippen LogP contribution in [0.25, 0.3) is 5.69 Å². The maximum absolute atomic E-state index is 6.56. The Labute approximate surface area is 172 Å². The first-order valence-corrected chi connectivity index (χ1v) is 10.9. The Hall–Kier alpha value is -2.43. The second-order valence-corrected chi connectivity index (χ2v) is 8.17. The number of para-hydroxylation sites is 1. The van der Waals surface area contributed by atoms with Crippen molar-refractivity contribution < 1.29 is 4.74 Å². The van der Waals surface area contributed by atoms with Crippen molar-refractivity contribution in [3.8, 4) is 5.69 Å². The van der Waals surface area contributed by atoms with E-state index in [2.05, 4.69) is 77.6 Å². The third-order valence-corrected chi connectivity index (χ3v) is 6.53. The van der Waals surface area contributed by atoms with E-state index in [9.17, 15) is 0 Å². The first-order valence-electron chi connectivity index (χ1n) is 10.9. The van der Waals surface area contributed by atoms with Crippen LogP contribution in [0, 0.1) is 0 Å². The number of ether oxygens (including phenoxy) is 1. The highest BCUT2D eigenvalue weighted by Gasteiger charge is 2.44. The van der Waals surface area contributed by atoms with Crippen molar-refractivity contribution in [3.63, 3.8) is 0 Å². The normalized spacial score (nSPS) is 19.1. The molecular weight excluding hydrogens is 358 g/mol. The van der Waals surface area contributed by atoms with Crippen molar-refractivity contribution in [2.45, 2.75) is 44.1 Å². The molecule has 2 aliphatic heterocycles. The molecule has 0 bridgehead atoms. The fourth-order valence-electron chi connectivity index (χ4n) is 5.14. The number of hydrogen-bond donors (Lipinski definition) is 1. The molecule has 1 saturated heterocycles. The summed E-state index contributed by atoms with van der Waals surface area (Å²) in [5.74, 6) is 0.281. The van der Waals surface area contributed by atoms with Gasteiger partial charge in [0.2, 0.25) is 0 Å². The number of hydrogen-bond acceptors (Lipinski definition) is 3. The van der Waals surface area contributed by atoms with Gasteiger partial charge >= 0.3 is 0 Å². The van der Waals surface area contributed by atoms with Crippen molar-refractivity contribution in [1.82, 2.24) is 15.1 Å². The topological polar surface area (TPSA) is 39.1 Å². The molecule has 1 unspecified atom stereocenters. The predicted octanol–water partition coefficient (Wildman–Crippen LogP) is 4.57. The minimum Gasteiger partial charge on any atom is -0.370 e. The van der Waals surface area contributed by atoms with Crippen LogP contribution in [0.5, 0.6) is 0 Å². The van der Waals surface area contributed by atoms with Crippen LogP contribution in [0.3, 0.4) is 0 Å². The molecule has 4 heteroatoms. The summed E-state index contributed by atoms with van der Waals surface area (Å²) in [6.45, 7) is 5.03. The second kappa shape index (κ2) is 7.77. The van der Waals surface area contributed by atoms with Gasteiger partial charge in [-0.25, -0.2) is 4.68 Å². The van der Waals surface area contributed by atoms with Crippen LogP contribution in [0.1, 0.15) is 54.6 Å². The zero-order valence-electron chi connectivity index (χ0n) is 17.1. The van der Waals surface area contributed by atoms with Crippen molar-refractivity contribution in [1.29, 1.82) is 0 Å². The minimum atomic E-state index is -0.205. The van der Waals surface area contributed by atoms with Gasteiger partial charge in [-0.05, 0) is 50.0 Å². The molecule has 2 aliphatic rings. The molecule has 0 amide bonds. The van der Waals surface area contributed by atoms with E-state index in [0.29, 0.717) is 0 Å². The summed E-state index contributed by atoms with van der Waals surface area (Å²) in [6.07, 6.45) is 3.96. The molecule has 2 aromatic carbocycles. The Bertz CT molecular complexity index is 958. The van der Waals surface area contributed by atoms with Gasteiger partial charge in [0, 0.05) is 17.9 Å². The van der Waals surface area contributed by atoms with Crippen molar-refractivity contribution >= 4 is 0 Å². The largest absolute Gasteiger partial charge is 0.370 e. The maximum atomic E-state index is 6.56. The number of rotatable bonds is 4. The molecule has 0 radical (unpaired) electrons. The second-order valence-electron chi connectivity index (χ2n) is 8.17. The van der Waals surface area contributed by atoms with Crippen LogP contribution in [0.15, 0.2) is 60.7 Å². The van der Waals surface area contributed by atoms with Gasteiger partial charge in [0.25, 0.3) is 0 Å². The van der Waals surface area contributed by atoms with E-state index in [4.69, 9.17) is 9.84 Å². The van der Waals surface area contributed by atoms with Gasteiger partial charge in [-0.15, -0.1) is 0 Å². The Morgan fingerprint density at radius 3 is 2.41 bits per heavy atom. The zero-order chi connectivity index (χ0) is 19.7. The first kappa shape index (κ1) is 18.6. The summed E-state index contributed by atoms with van der Waals surface area (Å²) < 4.78 is 8.76. The van der Waals surface area contributed by atoms with Gasteiger partial charge in [-0.1, -0.05) is 55.5 Å². The van der Waals surface area contributed by atoms with Crippen molar-refractivity contribution in [3.05, 3.63) is 83.2 Å². The zero-order valence-corrected chi connectivity index (χ0v) is 17.1. The molecule has 0 saturated carbocycles. The highest BCUT2D eigenvalue weighted by Crippen LogP contribution is 2.46. The molecule has 1 aromatic heterocycles. The van der Waals surface area contributed by atoms with E-state index in [-0.39, 0.29) is 11.5 Å². The third kappa shape index (κ3) is 3.21. The van der Waals surface area contributed by atoms with Crippen molar-refractivity contribution in [2.24, 2.45) is 0 Å². The van der Waals surface area contributed by atoms with Crippen molar-refractivity contribution in [2.75, 3.05) is 19.7 Å². The third-order valence-electron chi connectivity index (χ3n) is 6.53. The molecule has 3 heterocycles. The summed E-state index contributed by atoms with van der Waals surface area (Å²) >= 11 is 0. The number of fused-ring (bicyclic) bond motifs is 2. The lowest BCUT2D eigenvalue weighted by molar-refractivity contribution is -0.0813. The lowest BCUT2D eigenvalue weighted by Crippen LogP contribution is -2.45. The van der Waals surface area contributed by atoms with Gasteiger partial charge in [0.1, 0.15) is 0 Å². The lowest BCUT2D eigenvalue weighted by Gasteiger charge is -2.41. The predicted molar refractivity (Wildman–Crippen MR) is 116 cm³/mol. The van der Waals surface area contributed by atoms with Crippen LogP contribution in [0.4, 0.5) is 0 Å². The van der Waals surface area contributed by atoms with Crippen LogP contribution < -0.4 is 5.32 Å². The van der Waals surface area contributed by atoms with Crippen LogP contribution in [-0.2, 0) is 16.8 Å². The summed E-state index contributed by atoms with van der Waals surface area (Å²) in [4.78, 5) is 0. The first-order chi connectivity index (χ1) is 14.3. The van der Waals surface area contributed by atoms with Gasteiger partial charge in [-0.3, -0.25) is 0 Å². The van der Waals surface area contributed by atoms with E-state index < -0.39 is 0 Å². The summed E-state index contributed by atoms with van der Waals surface area (Å²) in [6, 6.07) is 21.4. The fraction of sp³-hybridized carbons (Fsp3) is 0.400. The Kier molecular flexibility index (Phi) is 4.98. The standard InChI is InChI=1S/C25H29N3O/c1-2-21(19-9-5-3-6-10-19)24-23-22(28(27-24)20-11-7-4-8-12-20)13-18-29-25(23)14-16-26-17-15-25/h3-12,21,26H,2,13-18H2,1H3. The molecule has 150 valence electrons. The minimum absolute atomic E-state index is 0.205. The Balaban J connectivity index is 1.73. The molecule has 0 aliphatic carbocycles. The summed E-state index contributed by atoms with van der Waals surface area (Å²) in [5, 5.41) is 8.79. The average molecular weight is 388 g/mol. The molecular formula is C25H29N3O. The molecule has 1 spiro atoms. The number of nitrogens with zero attached hydrogens (tertiary/aromatic N) is 2. The highest BCUT2D eigenvalue weighted by molar-refractivity contribution is 5.46. The van der Waals surface area contributed by atoms with Crippen LogP contribution in [-0.4, -0.2) is 29.5 Å². The average Bonchev–Trinajstić information content (AvgIpc) is 3.17. The fourth-order valence-corrected chi connectivity index (χ4v) is 5.14. The maximum Gasteiger partial charge on any atom is 0.0991 e. The number of aromatic nitrogens is 2. The van der Waals surface area contributed by atoms with Gasteiger partial charge in [-0.2, -0.15) is 5.10 Å². The van der Waals surface area contributed by atoms with E-state index >= 15 is 0 Å². The Morgan fingerprint density at radius 1 is 1.03 bits per heavy atom. The number of piperidine rings is 1. The van der Waals surface area contributed by atoms with Gasteiger partial charge in [0.15, 0.2) is 0 Å². The monoisotopic (exact) mass is 387 g/mol. The van der Waals surface area contributed by atoms with Gasteiger partial charge < -0.3 is 10.1 Å². The van der Waals surface area contributed by atoms with Gasteiger partial charge in [0.05, 0.1) is 29.3 Å². The van der Waals surface area contributed by atoms with E-state index in [0.717, 1.165) is 51.1 Å². The smallest absolute Gasteiger partial charge is 0.0991 e. The van der Waals surface area contributed by atoms with E-state index in [1.807, 2.05) is 0 Å². The molecule has 5 rings (SSSR count). The summed E-state index contributed by atoms with van der Waals surface area (Å²) in [5.41, 5.74) is 6.19. The number of benzene rings is 2. The van der Waals surface area contributed by atoms with Crippen LogP contribution >= 0.6 is 0 Å². The number of nitrogens with one attached hydrogen (secondary N) is 1. The molecule has 1 N–H and O–H groups in total. The van der Waals surface area contributed by atoms with E-state index in [1.165, 1.54) is 22.5 Å². The SMILES string of the molecule is CCC(c1ccccc1)c1nn(-c2ccccc2)c2c1C1(CCNCC1)OCC2. The molecule has 3 aromatic rings. The molecule has 29 heavy (non-hydrogen) atoms. The van der Waals surface area contributed by atoms with E-state index in [1.54, 1.807) is 0 Å². The molecule has 1 atom stereocenters.